The fourth-order valence-electron chi connectivity index (χ4n) is 3.44. The molecule has 2 fully saturated rings. The highest BCUT2D eigenvalue weighted by atomic mass is 16.2. The summed E-state index contributed by atoms with van der Waals surface area (Å²) in [6, 6.07) is 2.25. The van der Waals surface area contributed by atoms with Gasteiger partial charge in [-0.05, 0) is 45.1 Å². The summed E-state index contributed by atoms with van der Waals surface area (Å²) in [5.74, 6) is 1.34. The van der Waals surface area contributed by atoms with E-state index in [1.807, 2.05) is 6.07 Å². The van der Waals surface area contributed by atoms with Crippen molar-refractivity contribution in [2.45, 2.75) is 45.1 Å². The predicted octanol–water partition coefficient (Wildman–Crippen LogP) is 2.09. The van der Waals surface area contributed by atoms with E-state index in [-0.39, 0.29) is 5.92 Å². The summed E-state index contributed by atoms with van der Waals surface area (Å²) < 4.78 is 0. The Morgan fingerprint density at radius 1 is 1.10 bits per heavy atom. The summed E-state index contributed by atoms with van der Waals surface area (Å²) in [5, 5.41) is 0. The Balaban J connectivity index is 1.57. The van der Waals surface area contributed by atoms with Crippen molar-refractivity contribution in [3.8, 4) is 0 Å². The van der Waals surface area contributed by atoms with Gasteiger partial charge in [-0.15, -0.1) is 0 Å². The largest absolute Gasteiger partial charge is 0.341 e. The first-order valence-corrected chi connectivity index (χ1v) is 8.08. The highest BCUT2D eigenvalue weighted by Crippen LogP contribution is 2.25. The van der Waals surface area contributed by atoms with Crippen molar-refractivity contribution in [3.63, 3.8) is 0 Å². The van der Waals surface area contributed by atoms with Gasteiger partial charge >= 0.3 is 0 Å². The van der Waals surface area contributed by atoms with Crippen LogP contribution in [0.5, 0.6) is 0 Å². The molecular weight excluding hydrogens is 264 g/mol. The number of carbonyl (C=O) groups excluding carboxylic acids is 1. The molecule has 5 heteroatoms. The first kappa shape index (κ1) is 14.3. The molecule has 0 radical (unpaired) electrons. The first-order chi connectivity index (χ1) is 10.3. The smallest absolute Gasteiger partial charge is 0.226 e. The van der Waals surface area contributed by atoms with Crippen LogP contribution >= 0.6 is 0 Å². The fourth-order valence-corrected chi connectivity index (χ4v) is 3.44. The molecule has 1 aromatic rings. The molecule has 0 aliphatic carbocycles. The molecule has 2 aliphatic heterocycles. The van der Waals surface area contributed by atoms with Crippen molar-refractivity contribution < 1.29 is 4.79 Å². The fraction of sp³-hybridized carbons (Fsp3) is 0.688. The summed E-state index contributed by atoms with van der Waals surface area (Å²) in [6.07, 6.45) is 8.95. The van der Waals surface area contributed by atoms with Gasteiger partial charge in [-0.1, -0.05) is 0 Å². The van der Waals surface area contributed by atoms with E-state index < -0.39 is 0 Å². The molecular formula is C16H24N4O. The molecule has 1 amide bonds. The van der Waals surface area contributed by atoms with Gasteiger partial charge in [0, 0.05) is 44.0 Å². The second-order valence-electron chi connectivity index (χ2n) is 6.19. The summed E-state index contributed by atoms with van der Waals surface area (Å²) in [6.45, 7) is 4.89. The zero-order valence-corrected chi connectivity index (χ0v) is 12.7. The highest BCUT2D eigenvalue weighted by Gasteiger charge is 2.32. The molecule has 0 saturated carbocycles. The van der Waals surface area contributed by atoms with E-state index in [0.717, 1.165) is 51.3 Å². The quantitative estimate of drug-likeness (QED) is 0.836. The summed E-state index contributed by atoms with van der Waals surface area (Å²) in [4.78, 5) is 25.6. The molecule has 3 rings (SSSR count). The molecule has 0 N–H and O–H groups in total. The van der Waals surface area contributed by atoms with E-state index in [1.54, 1.807) is 12.4 Å². The third-order valence-electron chi connectivity index (χ3n) is 4.77. The lowest BCUT2D eigenvalue weighted by Gasteiger charge is -2.38. The van der Waals surface area contributed by atoms with Crippen LogP contribution in [0.4, 0.5) is 5.95 Å². The van der Waals surface area contributed by atoms with Crippen molar-refractivity contribution in [3.05, 3.63) is 18.5 Å². The molecule has 5 nitrogen and oxygen atoms in total. The number of hydrogen-bond acceptors (Lipinski definition) is 4. The summed E-state index contributed by atoms with van der Waals surface area (Å²) in [7, 11) is 0. The van der Waals surface area contributed by atoms with E-state index in [1.165, 1.54) is 6.42 Å². The van der Waals surface area contributed by atoms with Gasteiger partial charge in [-0.3, -0.25) is 4.79 Å². The lowest BCUT2D eigenvalue weighted by atomic mass is 9.93. The normalized spacial score (nSPS) is 24.1. The predicted molar refractivity (Wildman–Crippen MR) is 82.0 cm³/mol. The maximum Gasteiger partial charge on any atom is 0.226 e. The maximum absolute atomic E-state index is 12.7. The standard InChI is InChI=1S/C16H24N4O/c1-13-5-2-3-10-20(13)15(21)14-6-11-19(12-7-14)16-17-8-4-9-18-16/h4,8-9,13-14H,2-3,5-7,10-12H2,1H3. The number of aromatic nitrogens is 2. The van der Waals surface area contributed by atoms with Crippen molar-refractivity contribution in [2.24, 2.45) is 5.92 Å². The monoisotopic (exact) mass is 288 g/mol. The zero-order chi connectivity index (χ0) is 14.7. The average molecular weight is 288 g/mol. The van der Waals surface area contributed by atoms with Gasteiger partial charge in [0.2, 0.25) is 11.9 Å². The van der Waals surface area contributed by atoms with Gasteiger partial charge in [0.15, 0.2) is 0 Å². The molecule has 114 valence electrons. The van der Waals surface area contributed by atoms with Crippen LogP contribution in [0.3, 0.4) is 0 Å². The van der Waals surface area contributed by atoms with Crippen molar-refractivity contribution >= 4 is 11.9 Å². The maximum atomic E-state index is 12.7. The molecule has 3 heterocycles. The van der Waals surface area contributed by atoms with Crippen molar-refractivity contribution in [1.29, 1.82) is 0 Å². The van der Waals surface area contributed by atoms with Gasteiger partial charge < -0.3 is 9.80 Å². The number of piperidine rings is 2. The van der Waals surface area contributed by atoms with Crippen LogP contribution in [0.25, 0.3) is 0 Å². The second kappa shape index (κ2) is 6.41. The SMILES string of the molecule is CC1CCCCN1C(=O)C1CCN(c2ncccn2)CC1. The molecule has 1 atom stereocenters. The molecule has 2 saturated heterocycles. The highest BCUT2D eigenvalue weighted by molar-refractivity contribution is 5.79. The number of carbonyl (C=O) groups is 1. The molecule has 0 bridgehead atoms. The Bertz CT molecular complexity index is 470. The third kappa shape index (κ3) is 3.17. The molecule has 2 aliphatic rings. The molecule has 1 unspecified atom stereocenters. The topological polar surface area (TPSA) is 49.3 Å². The van der Waals surface area contributed by atoms with Gasteiger partial charge in [-0.2, -0.15) is 0 Å². The van der Waals surface area contributed by atoms with Crippen LogP contribution in [0, 0.1) is 5.92 Å². The second-order valence-corrected chi connectivity index (χ2v) is 6.19. The Hall–Kier alpha value is -1.65. The van der Waals surface area contributed by atoms with Crippen LogP contribution in [0.15, 0.2) is 18.5 Å². The van der Waals surface area contributed by atoms with Gasteiger partial charge in [0.1, 0.15) is 0 Å². The van der Waals surface area contributed by atoms with E-state index in [2.05, 4.69) is 26.7 Å². The number of likely N-dealkylation sites (tertiary alicyclic amines) is 1. The van der Waals surface area contributed by atoms with Crippen LogP contribution in [0.1, 0.15) is 39.0 Å². The summed E-state index contributed by atoms with van der Waals surface area (Å²) >= 11 is 0. The number of anilines is 1. The van der Waals surface area contributed by atoms with Crippen molar-refractivity contribution in [1.82, 2.24) is 14.9 Å². The van der Waals surface area contributed by atoms with Gasteiger partial charge in [0.25, 0.3) is 0 Å². The lowest BCUT2D eigenvalue weighted by Crippen LogP contribution is -2.48. The Morgan fingerprint density at radius 3 is 2.48 bits per heavy atom. The van der Waals surface area contributed by atoms with E-state index in [0.29, 0.717) is 11.9 Å². The van der Waals surface area contributed by atoms with Crippen molar-refractivity contribution in [2.75, 3.05) is 24.5 Å². The van der Waals surface area contributed by atoms with E-state index >= 15 is 0 Å². The number of rotatable bonds is 2. The van der Waals surface area contributed by atoms with Crippen LogP contribution < -0.4 is 4.90 Å². The Kier molecular flexibility index (Phi) is 4.36. The van der Waals surface area contributed by atoms with Gasteiger partial charge in [0.05, 0.1) is 0 Å². The lowest BCUT2D eigenvalue weighted by molar-refractivity contribution is -0.139. The minimum Gasteiger partial charge on any atom is -0.341 e. The Labute approximate surface area is 126 Å². The molecule has 21 heavy (non-hydrogen) atoms. The first-order valence-electron chi connectivity index (χ1n) is 8.08. The van der Waals surface area contributed by atoms with Crippen LogP contribution in [-0.2, 0) is 4.79 Å². The van der Waals surface area contributed by atoms with Gasteiger partial charge in [-0.25, -0.2) is 9.97 Å². The number of hydrogen-bond donors (Lipinski definition) is 0. The number of amides is 1. The summed E-state index contributed by atoms with van der Waals surface area (Å²) in [5.41, 5.74) is 0. The average Bonchev–Trinajstić information content (AvgIpc) is 2.56. The molecule has 0 aromatic carbocycles. The molecule has 1 aromatic heterocycles. The molecule has 0 spiro atoms. The Morgan fingerprint density at radius 2 is 1.81 bits per heavy atom. The van der Waals surface area contributed by atoms with Crippen LogP contribution in [-0.4, -0.2) is 46.5 Å². The zero-order valence-electron chi connectivity index (χ0n) is 12.7. The number of nitrogens with zero attached hydrogens (tertiary/aromatic N) is 4. The third-order valence-corrected chi connectivity index (χ3v) is 4.77. The van der Waals surface area contributed by atoms with E-state index in [4.69, 9.17) is 0 Å². The minimum absolute atomic E-state index is 0.186. The van der Waals surface area contributed by atoms with Crippen LogP contribution in [0.2, 0.25) is 0 Å². The van der Waals surface area contributed by atoms with E-state index in [9.17, 15) is 4.79 Å². The minimum atomic E-state index is 0.186.